The molecule has 0 aliphatic carbocycles. The lowest BCUT2D eigenvalue weighted by Gasteiger charge is -2.27. The van der Waals surface area contributed by atoms with Gasteiger partial charge in [-0.1, -0.05) is 12.1 Å². The molecule has 138 valence electrons. The van der Waals surface area contributed by atoms with Crippen LogP contribution in [-0.4, -0.2) is 43.1 Å². The number of carbonyl (C=O) groups excluding carboxylic acids is 3. The molecule has 1 saturated heterocycles. The molecule has 1 unspecified atom stereocenters. The maximum absolute atomic E-state index is 12.3. The van der Waals surface area contributed by atoms with E-state index in [2.05, 4.69) is 15.6 Å². The lowest BCUT2D eigenvalue weighted by Crippen LogP contribution is -2.29. The SMILES string of the molecule is COC(=O)c1cccc(C2CC(=O)Nc3cc(N4CCNC4=O)ccc32)n1. The molecule has 0 saturated carbocycles. The Bertz CT molecular complexity index is 943. The number of pyridine rings is 1. The van der Waals surface area contributed by atoms with Crippen LogP contribution in [0.3, 0.4) is 0 Å². The number of ether oxygens (including phenoxy) is 1. The molecule has 2 aromatic rings. The number of nitrogens with one attached hydrogen (secondary N) is 2. The molecular formula is C19H18N4O4. The van der Waals surface area contributed by atoms with Crippen molar-refractivity contribution in [1.29, 1.82) is 0 Å². The summed E-state index contributed by atoms with van der Waals surface area (Å²) in [6, 6.07) is 10.5. The first-order valence-electron chi connectivity index (χ1n) is 8.61. The summed E-state index contributed by atoms with van der Waals surface area (Å²) in [5.41, 5.74) is 3.10. The zero-order valence-electron chi connectivity index (χ0n) is 14.7. The van der Waals surface area contributed by atoms with E-state index in [4.69, 9.17) is 4.74 Å². The van der Waals surface area contributed by atoms with Gasteiger partial charge in [-0.25, -0.2) is 14.6 Å². The van der Waals surface area contributed by atoms with E-state index in [9.17, 15) is 14.4 Å². The second-order valence-electron chi connectivity index (χ2n) is 6.40. The minimum absolute atomic E-state index is 0.138. The highest BCUT2D eigenvalue weighted by atomic mass is 16.5. The highest BCUT2D eigenvalue weighted by Gasteiger charge is 2.30. The van der Waals surface area contributed by atoms with E-state index < -0.39 is 5.97 Å². The van der Waals surface area contributed by atoms with Gasteiger partial charge in [0.2, 0.25) is 5.91 Å². The Hall–Kier alpha value is -3.42. The average molecular weight is 366 g/mol. The van der Waals surface area contributed by atoms with Crippen LogP contribution in [0.2, 0.25) is 0 Å². The molecular weight excluding hydrogens is 348 g/mol. The number of carbonyl (C=O) groups is 3. The standard InChI is InChI=1S/C19H18N4O4/c1-27-18(25)15-4-2-3-14(21-15)13-10-17(24)22-16-9-11(5-6-12(13)16)23-8-7-20-19(23)26/h2-6,9,13H,7-8,10H2,1H3,(H,20,26)(H,22,24). The van der Waals surface area contributed by atoms with Gasteiger partial charge in [-0.05, 0) is 29.8 Å². The summed E-state index contributed by atoms with van der Waals surface area (Å²) in [6.45, 7) is 1.17. The number of nitrogens with zero attached hydrogens (tertiary/aromatic N) is 2. The molecule has 0 bridgehead atoms. The molecule has 1 atom stereocenters. The van der Waals surface area contributed by atoms with Gasteiger partial charge in [0.05, 0.1) is 7.11 Å². The summed E-state index contributed by atoms with van der Waals surface area (Å²) in [6.07, 6.45) is 0.230. The molecule has 4 rings (SSSR count). The molecule has 2 aliphatic rings. The Balaban J connectivity index is 1.72. The van der Waals surface area contributed by atoms with Crippen molar-refractivity contribution >= 4 is 29.3 Å². The summed E-state index contributed by atoms with van der Waals surface area (Å²) in [5.74, 6) is -0.937. The fraction of sp³-hybridized carbons (Fsp3) is 0.263. The third-order valence-electron chi connectivity index (χ3n) is 4.77. The van der Waals surface area contributed by atoms with Crippen molar-refractivity contribution in [2.45, 2.75) is 12.3 Å². The normalized spacial score (nSPS) is 18.6. The molecule has 2 aliphatic heterocycles. The van der Waals surface area contributed by atoms with Crippen LogP contribution in [0.1, 0.15) is 34.1 Å². The second-order valence-corrected chi connectivity index (χ2v) is 6.40. The van der Waals surface area contributed by atoms with Crippen LogP contribution in [0.25, 0.3) is 0 Å². The predicted molar refractivity (Wildman–Crippen MR) is 97.9 cm³/mol. The van der Waals surface area contributed by atoms with Crippen LogP contribution in [0.4, 0.5) is 16.2 Å². The van der Waals surface area contributed by atoms with Crippen molar-refractivity contribution in [3.05, 3.63) is 53.3 Å². The molecule has 1 fully saturated rings. The van der Waals surface area contributed by atoms with Gasteiger partial charge in [0.15, 0.2) is 0 Å². The summed E-state index contributed by atoms with van der Waals surface area (Å²) >= 11 is 0. The maximum atomic E-state index is 12.3. The number of aromatic nitrogens is 1. The molecule has 3 heterocycles. The number of urea groups is 1. The fourth-order valence-electron chi connectivity index (χ4n) is 3.47. The van der Waals surface area contributed by atoms with E-state index in [-0.39, 0.29) is 30.0 Å². The summed E-state index contributed by atoms with van der Waals surface area (Å²) in [5, 5.41) is 5.63. The van der Waals surface area contributed by atoms with Crippen LogP contribution in [0, 0.1) is 0 Å². The largest absolute Gasteiger partial charge is 0.464 e. The van der Waals surface area contributed by atoms with Crippen LogP contribution in [-0.2, 0) is 9.53 Å². The average Bonchev–Trinajstić information content (AvgIpc) is 3.12. The van der Waals surface area contributed by atoms with Crippen molar-refractivity contribution in [3.8, 4) is 0 Å². The van der Waals surface area contributed by atoms with Gasteiger partial charge in [-0.15, -0.1) is 0 Å². The number of rotatable bonds is 3. The van der Waals surface area contributed by atoms with Crippen molar-refractivity contribution in [1.82, 2.24) is 10.3 Å². The number of hydrogen-bond donors (Lipinski definition) is 2. The quantitative estimate of drug-likeness (QED) is 0.808. The van der Waals surface area contributed by atoms with Crippen molar-refractivity contribution in [3.63, 3.8) is 0 Å². The number of esters is 1. The van der Waals surface area contributed by atoms with Gasteiger partial charge >= 0.3 is 12.0 Å². The first-order valence-corrected chi connectivity index (χ1v) is 8.61. The monoisotopic (exact) mass is 366 g/mol. The number of methoxy groups -OCH3 is 1. The summed E-state index contributed by atoms with van der Waals surface area (Å²) in [4.78, 5) is 41.9. The number of fused-ring (bicyclic) bond motifs is 1. The number of amides is 3. The van der Waals surface area contributed by atoms with Gasteiger partial charge in [0, 0.05) is 42.5 Å². The number of hydrogen-bond acceptors (Lipinski definition) is 5. The molecule has 8 nitrogen and oxygen atoms in total. The zero-order chi connectivity index (χ0) is 19.0. The number of anilines is 2. The fourth-order valence-corrected chi connectivity index (χ4v) is 3.47. The van der Waals surface area contributed by atoms with Crippen LogP contribution >= 0.6 is 0 Å². The lowest BCUT2D eigenvalue weighted by molar-refractivity contribution is -0.116. The molecule has 0 radical (unpaired) electrons. The minimum Gasteiger partial charge on any atom is -0.464 e. The highest BCUT2D eigenvalue weighted by molar-refractivity contribution is 5.98. The highest BCUT2D eigenvalue weighted by Crippen LogP contribution is 2.38. The summed E-state index contributed by atoms with van der Waals surface area (Å²) < 4.78 is 4.73. The van der Waals surface area contributed by atoms with E-state index in [1.54, 1.807) is 29.2 Å². The zero-order valence-corrected chi connectivity index (χ0v) is 14.7. The minimum atomic E-state index is -0.521. The molecule has 2 N–H and O–H groups in total. The van der Waals surface area contributed by atoms with Crippen LogP contribution in [0.15, 0.2) is 36.4 Å². The first-order chi connectivity index (χ1) is 13.1. The smallest absolute Gasteiger partial charge is 0.356 e. The first kappa shape index (κ1) is 17.0. The van der Waals surface area contributed by atoms with E-state index in [0.29, 0.717) is 24.5 Å². The Labute approximate surface area is 155 Å². The third kappa shape index (κ3) is 3.10. The van der Waals surface area contributed by atoms with Crippen molar-refractivity contribution in [2.24, 2.45) is 0 Å². The summed E-state index contributed by atoms with van der Waals surface area (Å²) in [7, 11) is 1.30. The van der Waals surface area contributed by atoms with Crippen LogP contribution < -0.4 is 15.5 Å². The van der Waals surface area contributed by atoms with E-state index in [0.717, 1.165) is 11.3 Å². The topological polar surface area (TPSA) is 101 Å². The Kier molecular flexibility index (Phi) is 4.23. The van der Waals surface area contributed by atoms with Crippen LogP contribution in [0.5, 0.6) is 0 Å². The van der Waals surface area contributed by atoms with Crippen molar-refractivity contribution < 1.29 is 19.1 Å². The Morgan fingerprint density at radius 2 is 2.11 bits per heavy atom. The molecule has 1 aromatic heterocycles. The maximum Gasteiger partial charge on any atom is 0.356 e. The lowest BCUT2D eigenvalue weighted by atomic mass is 9.87. The van der Waals surface area contributed by atoms with E-state index in [1.807, 2.05) is 12.1 Å². The van der Waals surface area contributed by atoms with E-state index >= 15 is 0 Å². The van der Waals surface area contributed by atoms with Gasteiger partial charge in [-0.2, -0.15) is 0 Å². The van der Waals surface area contributed by atoms with Gasteiger partial charge < -0.3 is 15.4 Å². The number of benzene rings is 1. The molecule has 0 spiro atoms. The van der Waals surface area contributed by atoms with Gasteiger partial charge in [-0.3, -0.25) is 9.69 Å². The third-order valence-corrected chi connectivity index (χ3v) is 4.77. The second kappa shape index (κ2) is 6.71. The molecule has 3 amide bonds. The van der Waals surface area contributed by atoms with Crippen molar-refractivity contribution in [2.75, 3.05) is 30.4 Å². The van der Waals surface area contributed by atoms with Gasteiger partial charge in [0.25, 0.3) is 0 Å². The Morgan fingerprint density at radius 1 is 1.26 bits per heavy atom. The van der Waals surface area contributed by atoms with E-state index in [1.165, 1.54) is 7.11 Å². The Morgan fingerprint density at radius 3 is 2.85 bits per heavy atom. The predicted octanol–water partition coefficient (Wildman–Crippen LogP) is 1.87. The molecule has 27 heavy (non-hydrogen) atoms. The van der Waals surface area contributed by atoms with Gasteiger partial charge in [0.1, 0.15) is 5.69 Å². The molecule has 1 aromatic carbocycles. The molecule has 8 heteroatoms.